The van der Waals surface area contributed by atoms with Crippen molar-refractivity contribution in [1.29, 1.82) is 0 Å². The van der Waals surface area contributed by atoms with Crippen LogP contribution in [0.1, 0.15) is 52.2 Å². The van der Waals surface area contributed by atoms with Crippen molar-refractivity contribution in [2.24, 2.45) is 0 Å². The second-order valence-electron chi connectivity index (χ2n) is 9.85. The molecular formula is C27H29F3N4O3S. The summed E-state index contributed by atoms with van der Waals surface area (Å²) in [6.45, 7) is 1.41. The number of piperidine rings is 1. The van der Waals surface area contributed by atoms with Gasteiger partial charge >= 0.3 is 16.4 Å². The number of anilines is 1. The van der Waals surface area contributed by atoms with Crippen molar-refractivity contribution in [3.05, 3.63) is 94.8 Å². The molecule has 1 saturated heterocycles. The van der Waals surface area contributed by atoms with Gasteiger partial charge in [0.2, 0.25) is 0 Å². The molecule has 1 aliphatic heterocycles. The van der Waals surface area contributed by atoms with Crippen LogP contribution in [0.2, 0.25) is 0 Å². The molecule has 0 spiro atoms. The molecule has 3 N–H and O–H groups in total. The standard InChI is InChI=1S/C27H29F3N4O3S/c28-27(29,30)22-5-8-24-20-12-21(25(24)13-22)17-34(16-20)38(36,37)33-23-6-3-18(4-7-23)9-11-32-15-26(35)19-2-1-10-31-14-19/h1-8,10,13-14,20-21,26,32-33,35H,9,11-12,15-17H2/t20?,21?,26-/m1/s1. The van der Waals surface area contributed by atoms with Crippen LogP contribution in [0.3, 0.4) is 0 Å². The molecular weight excluding hydrogens is 517 g/mol. The summed E-state index contributed by atoms with van der Waals surface area (Å²) in [4.78, 5) is 4.00. The SMILES string of the molecule is O=S(=O)(Nc1ccc(CCNC[C@@H](O)c2cccnc2)cc1)N1CC2CC(C1)c1cc(C(F)(F)F)ccc12. The molecule has 2 aromatic carbocycles. The van der Waals surface area contributed by atoms with Crippen molar-refractivity contribution in [3.8, 4) is 0 Å². The van der Waals surface area contributed by atoms with Crippen LogP contribution in [0.5, 0.6) is 0 Å². The molecule has 38 heavy (non-hydrogen) atoms. The van der Waals surface area contributed by atoms with Crippen molar-refractivity contribution in [2.75, 3.05) is 30.9 Å². The monoisotopic (exact) mass is 546 g/mol. The lowest BCUT2D eigenvalue weighted by atomic mass is 9.97. The van der Waals surface area contributed by atoms with Gasteiger partial charge in [0.1, 0.15) is 0 Å². The van der Waals surface area contributed by atoms with Gasteiger partial charge in [-0.3, -0.25) is 9.71 Å². The van der Waals surface area contributed by atoms with Crippen LogP contribution in [0, 0.1) is 0 Å². The van der Waals surface area contributed by atoms with Gasteiger partial charge in [0.25, 0.3) is 0 Å². The highest BCUT2D eigenvalue weighted by Gasteiger charge is 2.43. The lowest BCUT2D eigenvalue weighted by molar-refractivity contribution is -0.137. The highest BCUT2D eigenvalue weighted by atomic mass is 32.2. The molecule has 2 heterocycles. The van der Waals surface area contributed by atoms with Gasteiger partial charge in [-0.25, -0.2) is 0 Å². The van der Waals surface area contributed by atoms with Crippen LogP contribution >= 0.6 is 0 Å². The highest BCUT2D eigenvalue weighted by molar-refractivity contribution is 7.90. The first-order valence-electron chi connectivity index (χ1n) is 12.5. The van der Waals surface area contributed by atoms with Crippen LogP contribution in [0.4, 0.5) is 18.9 Å². The number of fused-ring (bicyclic) bond motifs is 5. The topological polar surface area (TPSA) is 94.6 Å². The van der Waals surface area contributed by atoms with E-state index < -0.39 is 28.1 Å². The van der Waals surface area contributed by atoms with Crippen molar-refractivity contribution >= 4 is 15.9 Å². The van der Waals surface area contributed by atoms with Crippen LogP contribution in [0.25, 0.3) is 0 Å². The molecule has 0 radical (unpaired) electrons. The van der Waals surface area contributed by atoms with Crippen LogP contribution < -0.4 is 10.0 Å². The zero-order valence-corrected chi connectivity index (χ0v) is 21.3. The Labute approximate surface area is 219 Å². The molecule has 1 aromatic heterocycles. The highest BCUT2D eigenvalue weighted by Crippen LogP contribution is 2.48. The number of pyridine rings is 1. The number of aliphatic hydroxyl groups is 1. The van der Waals surface area contributed by atoms with Crippen LogP contribution in [0.15, 0.2) is 67.0 Å². The van der Waals surface area contributed by atoms with Gasteiger partial charge < -0.3 is 10.4 Å². The Hall–Kier alpha value is -2.99. The normalized spacial score (nSPS) is 20.2. The summed E-state index contributed by atoms with van der Waals surface area (Å²) in [5.41, 5.74) is 2.89. The van der Waals surface area contributed by atoms with Gasteiger partial charge in [-0.2, -0.15) is 25.9 Å². The first-order chi connectivity index (χ1) is 18.1. The van der Waals surface area contributed by atoms with Gasteiger partial charge in [0.15, 0.2) is 0 Å². The van der Waals surface area contributed by atoms with E-state index in [0.717, 1.165) is 22.8 Å². The fourth-order valence-corrected chi connectivity index (χ4v) is 6.61. The fraction of sp³-hybridized carbons (Fsp3) is 0.370. The van der Waals surface area contributed by atoms with Crippen LogP contribution in [-0.4, -0.2) is 49.0 Å². The van der Waals surface area contributed by atoms with E-state index in [-0.39, 0.29) is 24.9 Å². The van der Waals surface area contributed by atoms with Gasteiger partial charge in [0, 0.05) is 43.3 Å². The Morgan fingerprint density at radius 2 is 1.79 bits per heavy atom. The maximum atomic E-state index is 13.2. The molecule has 202 valence electrons. The van der Waals surface area contributed by atoms with E-state index in [9.17, 15) is 26.7 Å². The number of aliphatic hydroxyl groups excluding tert-OH is 1. The fourth-order valence-electron chi connectivity index (χ4n) is 5.30. The lowest BCUT2D eigenvalue weighted by Gasteiger charge is -2.31. The smallest absolute Gasteiger partial charge is 0.387 e. The summed E-state index contributed by atoms with van der Waals surface area (Å²) < 4.78 is 69.8. The van der Waals surface area contributed by atoms with E-state index in [1.807, 2.05) is 18.2 Å². The number of nitrogens with one attached hydrogen (secondary N) is 2. The summed E-state index contributed by atoms with van der Waals surface area (Å²) in [6, 6.07) is 14.4. The van der Waals surface area contributed by atoms with E-state index >= 15 is 0 Å². The van der Waals surface area contributed by atoms with Crippen molar-refractivity contribution < 1.29 is 26.7 Å². The molecule has 5 rings (SSSR count). The van der Waals surface area contributed by atoms with Gasteiger partial charge in [-0.05, 0) is 78.2 Å². The first-order valence-corrected chi connectivity index (χ1v) is 13.9. The second-order valence-corrected chi connectivity index (χ2v) is 11.5. The third-order valence-electron chi connectivity index (χ3n) is 7.25. The number of hydrogen-bond acceptors (Lipinski definition) is 5. The minimum Gasteiger partial charge on any atom is -0.387 e. The largest absolute Gasteiger partial charge is 0.416 e. The summed E-state index contributed by atoms with van der Waals surface area (Å²) >= 11 is 0. The molecule has 7 nitrogen and oxygen atoms in total. The Kier molecular flexibility index (Phi) is 7.45. The van der Waals surface area contributed by atoms with Gasteiger partial charge in [-0.15, -0.1) is 0 Å². The molecule has 3 atom stereocenters. The van der Waals surface area contributed by atoms with Gasteiger partial charge in [0.05, 0.1) is 11.7 Å². The summed E-state index contributed by atoms with van der Waals surface area (Å²) in [5.74, 6) is -0.372. The molecule has 2 aliphatic rings. The molecule has 0 saturated carbocycles. The van der Waals surface area contributed by atoms with Gasteiger partial charge in [-0.1, -0.05) is 24.3 Å². The Balaban J connectivity index is 1.14. The van der Waals surface area contributed by atoms with E-state index in [4.69, 9.17) is 0 Å². The molecule has 0 amide bonds. The van der Waals surface area contributed by atoms with Crippen LogP contribution in [-0.2, 0) is 22.8 Å². The molecule has 2 unspecified atom stereocenters. The quantitative estimate of drug-likeness (QED) is 0.350. The zero-order valence-electron chi connectivity index (χ0n) is 20.5. The molecule has 11 heteroatoms. The average molecular weight is 547 g/mol. The third kappa shape index (κ3) is 5.85. The minimum atomic E-state index is -4.43. The number of benzene rings is 2. The predicted molar refractivity (Wildman–Crippen MR) is 138 cm³/mol. The number of aromatic nitrogens is 1. The molecule has 1 aliphatic carbocycles. The predicted octanol–water partition coefficient (Wildman–Crippen LogP) is 4.21. The second kappa shape index (κ2) is 10.6. The van der Waals surface area contributed by atoms with E-state index in [2.05, 4.69) is 15.0 Å². The van der Waals surface area contributed by atoms with E-state index in [0.29, 0.717) is 37.2 Å². The minimum absolute atomic E-state index is 0.117. The Morgan fingerprint density at radius 3 is 2.47 bits per heavy atom. The molecule has 3 aromatic rings. The first kappa shape index (κ1) is 26.6. The van der Waals surface area contributed by atoms with E-state index in [1.54, 1.807) is 30.6 Å². The average Bonchev–Trinajstić information content (AvgIpc) is 3.15. The maximum Gasteiger partial charge on any atom is 0.416 e. The molecule has 2 bridgehead atoms. The summed E-state index contributed by atoms with van der Waals surface area (Å²) in [7, 11) is -3.87. The number of alkyl halides is 3. The summed E-state index contributed by atoms with van der Waals surface area (Å²) in [5, 5.41) is 13.4. The molecule has 1 fully saturated rings. The number of rotatable bonds is 9. The number of hydrogen-bond donors (Lipinski definition) is 3. The van der Waals surface area contributed by atoms with E-state index in [1.165, 1.54) is 16.4 Å². The van der Waals surface area contributed by atoms with Crippen molar-refractivity contribution in [2.45, 2.75) is 37.0 Å². The zero-order chi connectivity index (χ0) is 26.9. The van der Waals surface area contributed by atoms with Crippen molar-refractivity contribution in [3.63, 3.8) is 0 Å². The maximum absolute atomic E-state index is 13.2. The number of halogens is 3. The lowest BCUT2D eigenvalue weighted by Crippen LogP contribution is -2.42. The summed E-state index contributed by atoms with van der Waals surface area (Å²) in [6.07, 6.45) is -0.444. The Bertz CT molecular complexity index is 1370. The number of nitrogens with zero attached hydrogens (tertiary/aromatic N) is 2. The third-order valence-corrected chi connectivity index (χ3v) is 8.72. The Morgan fingerprint density at radius 1 is 1.05 bits per heavy atom. The van der Waals surface area contributed by atoms with Crippen molar-refractivity contribution in [1.82, 2.24) is 14.6 Å².